The fraction of sp³-hybridized carbons (Fsp3) is 0.500. The number of nitrogens with one attached hydrogen (secondary N) is 1. The molecular weight excluding hydrogens is 565 g/mol. The van der Waals surface area contributed by atoms with Crippen molar-refractivity contribution >= 4 is 23.1 Å². The zero-order valence-corrected chi connectivity index (χ0v) is 24.8. The van der Waals surface area contributed by atoms with E-state index < -0.39 is 58.9 Å². The van der Waals surface area contributed by atoms with Crippen molar-refractivity contribution in [2.45, 2.75) is 75.8 Å². The van der Waals surface area contributed by atoms with Crippen LogP contribution in [0.2, 0.25) is 0 Å². The molecule has 1 aromatic carbocycles. The van der Waals surface area contributed by atoms with Crippen molar-refractivity contribution in [2.75, 3.05) is 17.7 Å². The number of Topliss-reactive ketones (excluding diaryl/α,β-unsaturated/α-hetero) is 1. The summed E-state index contributed by atoms with van der Waals surface area (Å²) in [7, 11) is 0. The molecule has 5 aliphatic rings. The Balaban J connectivity index is 1.16. The maximum absolute atomic E-state index is 17.5. The van der Waals surface area contributed by atoms with E-state index in [4.69, 9.17) is 15.2 Å². The van der Waals surface area contributed by atoms with Gasteiger partial charge in [0.15, 0.2) is 29.1 Å². The van der Waals surface area contributed by atoms with Gasteiger partial charge in [0.25, 0.3) is 0 Å². The highest BCUT2D eigenvalue weighted by atomic mass is 19.1. The number of ether oxygens (including phenoxy) is 2. The van der Waals surface area contributed by atoms with Crippen LogP contribution >= 0.6 is 0 Å². The smallest absolute Gasteiger partial charge is 0.193 e. The topological polar surface area (TPSA) is 144 Å². The Bertz CT molecular complexity index is 1560. The standard InChI is InChI=1S/C34H38FN3O6/c1-31-12-11-23(40)13-21(31)6-9-24-25-14-28-34(27(42)18-39,32(25,2)15-26(41)33(24,31)35)44-30(43-28)20-5-10-29(38-17-20)37-16-19-3-7-22(36)8-4-19/h3-5,7-8,10-13,17,24-26,28,30,39,41H,6,9,14-16,18,36H2,1-2H3,(H,37,38)/t24-,25?,26-,28+,30+,31-,32-,33-,34+/m0/s1. The predicted molar refractivity (Wildman–Crippen MR) is 160 cm³/mol. The number of ketones is 2. The Morgan fingerprint density at radius 1 is 1.18 bits per heavy atom. The number of aliphatic hydroxyl groups is 2. The largest absolute Gasteiger partial charge is 0.399 e. The Labute approximate surface area is 255 Å². The summed E-state index contributed by atoms with van der Waals surface area (Å²) >= 11 is 0. The number of nitrogens with zero attached hydrogens (tertiary/aromatic N) is 1. The molecule has 10 heteroatoms. The van der Waals surface area contributed by atoms with E-state index in [9.17, 15) is 19.8 Å². The molecule has 9 nitrogen and oxygen atoms in total. The zero-order valence-electron chi connectivity index (χ0n) is 24.8. The summed E-state index contributed by atoms with van der Waals surface area (Å²) in [5, 5.41) is 25.1. The van der Waals surface area contributed by atoms with Crippen molar-refractivity contribution in [1.29, 1.82) is 0 Å². The minimum absolute atomic E-state index is 0.0557. The number of hydrogen-bond acceptors (Lipinski definition) is 9. The number of hydrogen-bond donors (Lipinski definition) is 4. The van der Waals surface area contributed by atoms with Gasteiger partial charge < -0.3 is 30.7 Å². The maximum Gasteiger partial charge on any atom is 0.193 e. The van der Waals surface area contributed by atoms with Crippen LogP contribution in [0.4, 0.5) is 15.9 Å². The first kappa shape index (κ1) is 29.3. The molecule has 4 aliphatic carbocycles. The van der Waals surface area contributed by atoms with Gasteiger partial charge in [0.1, 0.15) is 12.4 Å². The highest BCUT2D eigenvalue weighted by Crippen LogP contribution is 2.72. The van der Waals surface area contributed by atoms with Gasteiger partial charge in [-0.2, -0.15) is 0 Å². The molecule has 9 atom stereocenters. The highest BCUT2D eigenvalue weighted by molar-refractivity contribution is 6.01. The summed E-state index contributed by atoms with van der Waals surface area (Å²) in [5.41, 5.74) is 3.04. The van der Waals surface area contributed by atoms with Crippen LogP contribution in [-0.4, -0.2) is 56.8 Å². The van der Waals surface area contributed by atoms with Crippen LogP contribution < -0.4 is 11.1 Å². The number of aromatic nitrogens is 1. The Kier molecular flexibility index (Phi) is 6.68. The molecular formula is C34H38FN3O6. The van der Waals surface area contributed by atoms with Crippen LogP contribution in [0, 0.1) is 22.7 Å². The molecule has 1 saturated heterocycles. The zero-order chi connectivity index (χ0) is 31.1. The molecule has 0 spiro atoms. The monoisotopic (exact) mass is 603 g/mol. The molecule has 232 valence electrons. The Morgan fingerprint density at radius 3 is 2.66 bits per heavy atom. The lowest BCUT2D eigenvalue weighted by Crippen LogP contribution is -2.69. The van der Waals surface area contributed by atoms with E-state index in [1.54, 1.807) is 25.3 Å². The number of nitrogen functional groups attached to an aromatic ring is 1. The second-order valence-corrected chi connectivity index (χ2v) is 13.5. The van der Waals surface area contributed by atoms with Crippen LogP contribution in [0.1, 0.15) is 56.9 Å². The molecule has 1 aliphatic heterocycles. The summed E-state index contributed by atoms with van der Waals surface area (Å²) in [6.45, 7) is 3.42. The highest BCUT2D eigenvalue weighted by Gasteiger charge is 2.79. The second kappa shape index (κ2) is 10.0. The Morgan fingerprint density at radius 2 is 1.95 bits per heavy atom. The van der Waals surface area contributed by atoms with Gasteiger partial charge in [-0.15, -0.1) is 0 Å². The second-order valence-electron chi connectivity index (χ2n) is 13.5. The van der Waals surface area contributed by atoms with Gasteiger partial charge in [-0.25, -0.2) is 9.37 Å². The number of carbonyl (C=O) groups excluding carboxylic acids is 2. The number of halogens is 1. The van der Waals surface area contributed by atoms with Crippen molar-refractivity contribution in [2.24, 2.45) is 22.7 Å². The summed E-state index contributed by atoms with van der Waals surface area (Å²) in [5.74, 6) is -1.03. The number of alkyl halides is 1. The molecule has 0 amide bonds. The molecule has 3 saturated carbocycles. The first-order chi connectivity index (χ1) is 21.0. The lowest BCUT2D eigenvalue weighted by molar-refractivity contribution is -0.231. The number of aliphatic hydroxyl groups excluding tert-OH is 2. The third-order valence-corrected chi connectivity index (χ3v) is 11.5. The van der Waals surface area contributed by atoms with Crippen LogP contribution in [-0.2, 0) is 25.6 Å². The number of benzene rings is 1. The minimum atomic E-state index is -2.04. The average molecular weight is 604 g/mol. The van der Waals surface area contributed by atoms with E-state index >= 15 is 4.39 Å². The normalized spacial score (nSPS) is 40.4. The molecule has 0 radical (unpaired) electrons. The number of carbonyl (C=O) groups is 2. The Hall–Kier alpha value is -3.44. The summed E-state index contributed by atoms with van der Waals surface area (Å²) in [6, 6.07) is 11.2. The van der Waals surface area contributed by atoms with Gasteiger partial charge in [-0.1, -0.05) is 30.7 Å². The number of allylic oxidation sites excluding steroid dienone is 4. The number of rotatable bonds is 6. The van der Waals surface area contributed by atoms with Gasteiger partial charge in [-0.05, 0) is 80.5 Å². The molecule has 2 aromatic rings. The van der Waals surface area contributed by atoms with Crippen molar-refractivity contribution in [3.8, 4) is 0 Å². The number of nitrogens with two attached hydrogens (primary N) is 1. The molecule has 7 rings (SSSR count). The molecule has 5 N–H and O–H groups in total. The van der Waals surface area contributed by atoms with Crippen LogP contribution in [0.25, 0.3) is 0 Å². The molecule has 0 bridgehead atoms. The van der Waals surface area contributed by atoms with E-state index in [0.717, 1.165) is 5.56 Å². The van der Waals surface area contributed by atoms with Crippen molar-refractivity contribution in [1.82, 2.24) is 4.98 Å². The van der Waals surface area contributed by atoms with Crippen LogP contribution in [0.5, 0.6) is 0 Å². The third-order valence-electron chi connectivity index (χ3n) is 11.5. The lowest BCUT2D eigenvalue weighted by atomic mass is 9.44. The number of anilines is 2. The van der Waals surface area contributed by atoms with E-state index in [1.807, 2.05) is 37.3 Å². The van der Waals surface area contributed by atoms with Crippen molar-refractivity contribution < 1.29 is 33.7 Å². The maximum atomic E-state index is 17.5. The molecule has 4 fully saturated rings. The van der Waals surface area contributed by atoms with Gasteiger partial charge >= 0.3 is 0 Å². The van der Waals surface area contributed by atoms with E-state index in [1.165, 1.54) is 12.2 Å². The molecule has 1 unspecified atom stereocenters. The number of pyridine rings is 1. The quantitative estimate of drug-likeness (QED) is 0.361. The third kappa shape index (κ3) is 3.87. The summed E-state index contributed by atoms with van der Waals surface area (Å²) < 4.78 is 30.5. The van der Waals surface area contributed by atoms with Gasteiger partial charge in [0.05, 0.1) is 12.2 Å². The SMILES string of the molecule is C[C@]12C=CC(=O)C=C1CC[C@H]1C3C[C@H]4O[C@@H](c5ccc(NCc6ccc(N)cc6)nc5)O[C@@]4(C(=O)CO)[C@@]3(C)C[C@H](O)[C@@]12F. The first-order valence-electron chi connectivity index (χ1n) is 15.3. The molecule has 1 aromatic heterocycles. The summed E-state index contributed by atoms with van der Waals surface area (Å²) in [6.07, 6.45) is 4.25. The first-order valence-corrected chi connectivity index (χ1v) is 15.3. The van der Waals surface area contributed by atoms with E-state index in [-0.39, 0.29) is 18.1 Å². The van der Waals surface area contributed by atoms with E-state index in [0.29, 0.717) is 48.4 Å². The van der Waals surface area contributed by atoms with Crippen molar-refractivity contribution in [3.63, 3.8) is 0 Å². The van der Waals surface area contributed by atoms with E-state index in [2.05, 4.69) is 10.3 Å². The van der Waals surface area contributed by atoms with Gasteiger partial charge in [0, 0.05) is 40.7 Å². The fourth-order valence-electron chi connectivity index (χ4n) is 9.20. The van der Waals surface area contributed by atoms with Crippen LogP contribution in [0.3, 0.4) is 0 Å². The average Bonchev–Trinajstić information content (AvgIpc) is 3.51. The number of fused-ring (bicyclic) bond motifs is 7. The fourth-order valence-corrected chi connectivity index (χ4v) is 9.20. The molecule has 44 heavy (non-hydrogen) atoms. The van der Waals surface area contributed by atoms with Crippen LogP contribution in [0.15, 0.2) is 66.4 Å². The minimum Gasteiger partial charge on any atom is -0.399 e. The van der Waals surface area contributed by atoms with Gasteiger partial charge in [0.2, 0.25) is 0 Å². The van der Waals surface area contributed by atoms with Crippen molar-refractivity contribution in [3.05, 3.63) is 77.5 Å². The lowest BCUT2D eigenvalue weighted by Gasteiger charge is -2.62. The van der Waals surface area contributed by atoms with Gasteiger partial charge in [-0.3, -0.25) is 9.59 Å². The predicted octanol–water partition coefficient (Wildman–Crippen LogP) is 3.97. The molecule has 2 heterocycles. The summed E-state index contributed by atoms with van der Waals surface area (Å²) in [4.78, 5) is 30.3.